The Morgan fingerprint density at radius 1 is 1.22 bits per heavy atom. The first kappa shape index (κ1) is 15.6. The molecule has 0 spiro atoms. The van der Waals surface area contributed by atoms with Gasteiger partial charge in [-0.15, -0.1) is 0 Å². The summed E-state index contributed by atoms with van der Waals surface area (Å²) in [6.07, 6.45) is 1.65. The Hall–Kier alpha value is -2.31. The van der Waals surface area contributed by atoms with E-state index in [0.29, 0.717) is 16.7 Å². The molecule has 1 aliphatic rings. The van der Waals surface area contributed by atoms with Crippen LogP contribution in [-0.2, 0) is 6.54 Å². The normalized spacial score (nSPS) is 12.4. The molecule has 0 aromatic heterocycles. The number of halogens is 1. The molecule has 3 rings (SSSR count). The predicted molar refractivity (Wildman–Crippen MR) is 94.2 cm³/mol. The van der Waals surface area contributed by atoms with Crippen molar-refractivity contribution >= 4 is 35.1 Å². The van der Waals surface area contributed by atoms with Crippen molar-refractivity contribution in [3.63, 3.8) is 0 Å². The molecule has 0 bridgehead atoms. The molecule has 7 heteroatoms. The molecule has 2 aromatic carbocycles. The molecule has 0 amide bonds. The minimum atomic E-state index is 0.268. The molecule has 0 aliphatic carbocycles. The van der Waals surface area contributed by atoms with Crippen molar-refractivity contribution in [2.75, 3.05) is 6.79 Å². The van der Waals surface area contributed by atoms with Crippen molar-refractivity contribution in [2.45, 2.75) is 6.54 Å². The first-order valence-corrected chi connectivity index (χ1v) is 7.70. The van der Waals surface area contributed by atoms with Gasteiger partial charge in [-0.25, -0.2) is 0 Å². The van der Waals surface area contributed by atoms with Gasteiger partial charge >= 0.3 is 0 Å². The third-order valence-corrected chi connectivity index (χ3v) is 3.59. The van der Waals surface area contributed by atoms with E-state index in [2.05, 4.69) is 15.8 Å². The van der Waals surface area contributed by atoms with Crippen molar-refractivity contribution in [1.29, 1.82) is 0 Å². The SMILES string of the molecule is S=C(NCc1ccc2c(c1)OCO2)N/N=C\c1cccc(Cl)c1. The number of hydrogen-bond acceptors (Lipinski definition) is 4. The van der Waals surface area contributed by atoms with Gasteiger partial charge in [0.1, 0.15) is 0 Å². The van der Waals surface area contributed by atoms with Crippen LogP contribution in [0.4, 0.5) is 0 Å². The zero-order valence-electron chi connectivity index (χ0n) is 12.1. The summed E-state index contributed by atoms with van der Waals surface area (Å²) in [5.41, 5.74) is 4.70. The molecule has 5 nitrogen and oxygen atoms in total. The highest BCUT2D eigenvalue weighted by Crippen LogP contribution is 2.32. The Morgan fingerprint density at radius 3 is 2.96 bits per heavy atom. The molecule has 23 heavy (non-hydrogen) atoms. The fourth-order valence-corrected chi connectivity index (χ4v) is 2.35. The Labute approximate surface area is 144 Å². The highest BCUT2D eigenvalue weighted by molar-refractivity contribution is 7.80. The zero-order chi connectivity index (χ0) is 16.1. The van der Waals surface area contributed by atoms with Gasteiger partial charge in [0.25, 0.3) is 0 Å². The van der Waals surface area contributed by atoms with Gasteiger partial charge in [-0.3, -0.25) is 5.43 Å². The van der Waals surface area contributed by atoms with Gasteiger partial charge in [-0.05, 0) is 47.6 Å². The average Bonchev–Trinajstić information content (AvgIpc) is 3.00. The van der Waals surface area contributed by atoms with Gasteiger partial charge in [0.05, 0.1) is 6.21 Å². The lowest BCUT2D eigenvalue weighted by molar-refractivity contribution is 0.174. The summed E-state index contributed by atoms with van der Waals surface area (Å²) >= 11 is 11.1. The maximum absolute atomic E-state index is 5.90. The topological polar surface area (TPSA) is 54.9 Å². The van der Waals surface area contributed by atoms with Crippen LogP contribution in [0, 0.1) is 0 Å². The second-order valence-electron chi connectivity index (χ2n) is 4.80. The van der Waals surface area contributed by atoms with E-state index in [1.54, 1.807) is 6.21 Å². The molecule has 0 fully saturated rings. The summed E-state index contributed by atoms with van der Waals surface area (Å²) in [5, 5.41) is 8.24. The molecular weight excluding hydrogens is 334 g/mol. The van der Waals surface area contributed by atoms with Gasteiger partial charge in [-0.1, -0.05) is 29.8 Å². The second kappa shape index (κ2) is 7.30. The van der Waals surface area contributed by atoms with E-state index in [0.717, 1.165) is 22.6 Å². The van der Waals surface area contributed by atoms with Crippen LogP contribution in [0.15, 0.2) is 47.6 Å². The maximum atomic E-state index is 5.90. The first-order chi connectivity index (χ1) is 11.2. The standard InChI is InChI=1S/C16H14ClN3O2S/c17-13-3-1-2-11(6-13)9-19-20-16(23)18-8-12-4-5-14-15(7-12)22-10-21-14/h1-7,9H,8,10H2,(H2,18,20,23)/b19-9-. The number of hydrogen-bond donors (Lipinski definition) is 2. The average molecular weight is 348 g/mol. The van der Waals surface area contributed by atoms with E-state index < -0.39 is 0 Å². The Bertz CT molecular complexity index is 752. The summed E-state index contributed by atoms with van der Waals surface area (Å²) in [7, 11) is 0. The Balaban J connectivity index is 1.48. The first-order valence-electron chi connectivity index (χ1n) is 6.92. The van der Waals surface area contributed by atoms with Crippen molar-refractivity contribution in [2.24, 2.45) is 5.10 Å². The quantitative estimate of drug-likeness (QED) is 0.506. The molecule has 1 aliphatic heterocycles. The van der Waals surface area contributed by atoms with Crippen molar-refractivity contribution in [1.82, 2.24) is 10.7 Å². The lowest BCUT2D eigenvalue weighted by Gasteiger charge is -2.07. The van der Waals surface area contributed by atoms with E-state index in [9.17, 15) is 0 Å². The molecule has 0 atom stereocenters. The predicted octanol–water partition coefficient (Wildman–Crippen LogP) is 3.07. The molecule has 1 heterocycles. The molecule has 118 valence electrons. The summed E-state index contributed by atoms with van der Waals surface area (Å²) in [6.45, 7) is 0.833. The fraction of sp³-hybridized carbons (Fsp3) is 0.125. The van der Waals surface area contributed by atoms with Gasteiger partial charge < -0.3 is 14.8 Å². The molecular formula is C16H14ClN3O2S. The number of rotatable bonds is 4. The van der Waals surface area contributed by atoms with Gasteiger partial charge in [0.15, 0.2) is 16.6 Å². The van der Waals surface area contributed by atoms with Gasteiger partial charge in [0.2, 0.25) is 6.79 Å². The summed E-state index contributed by atoms with van der Waals surface area (Å²) in [4.78, 5) is 0. The number of thiocarbonyl (C=S) groups is 1. The number of nitrogens with zero attached hydrogens (tertiary/aromatic N) is 1. The van der Waals surface area contributed by atoms with Crippen LogP contribution in [0.25, 0.3) is 0 Å². The van der Waals surface area contributed by atoms with E-state index in [4.69, 9.17) is 33.3 Å². The zero-order valence-corrected chi connectivity index (χ0v) is 13.7. The highest BCUT2D eigenvalue weighted by atomic mass is 35.5. The van der Waals surface area contributed by atoms with Crippen LogP contribution >= 0.6 is 23.8 Å². The lowest BCUT2D eigenvalue weighted by atomic mass is 10.2. The van der Waals surface area contributed by atoms with Crippen LogP contribution in [0.5, 0.6) is 11.5 Å². The highest BCUT2D eigenvalue weighted by Gasteiger charge is 2.12. The second-order valence-corrected chi connectivity index (χ2v) is 5.64. The van der Waals surface area contributed by atoms with Gasteiger partial charge in [-0.2, -0.15) is 5.10 Å². The maximum Gasteiger partial charge on any atom is 0.231 e. The van der Waals surface area contributed by atoms with E-state index in [1.165, 1.54) is 0 Å². The minimum absolute atomic E-state index is 0.268. The van der Waals surface area contributed by atoms with Crippen LogP contribution < -0.4 is 20.2 Å². The monoisotopic (exact) mass is 347 g/mol. The molecule has 2 N–H and O–H groups in total. The third kappa shape index (κ3) is 4.34. The van der Waals surface area contributed by atoms with E-state index in [1.807, 2.05) is 42.5 Å². The molecule has 2 aromatic rings. The largest absolute Gasteiger partial charge is 0.454 e. The summed E-state index contributed by atoms with van der Waals surface area (Å²) in [6, 6.07) is 13.2. The fourth-order valence-electron chi connectivity index (χ4n) is 2.03. The smallest absolute Gasteiger partial charge is 0.231 e. The Morgan fingerprint density at radius 2 is 2.09 bits per heavy atom. The summed E-state index contributed by atoms with van der Waals surface area (Å²) in [5.74, 6) is 1.52. The molecule has 0 radical (unpaired) electrons. The minimum Gasteiger partial charge on any atom is -0.454 e. The number of benzene rings is 2. The Kier molecular flexibility index (Phi) is 4.95. The van der Waals surface area contributed by atoms with Crippen LogP contribution in [0.2, 0.25) is 5.02 Å². The number of ether oxygens (including phenoxy) is 2. The molecule has 0 saturated heterocycles. The van der Waals surface area contributed by atoms with Crippen molar-refractivity contribution in [3.05, 3.63) is 58.6 Å². The lowest BCUT2D eigenvalue weighted by Crippen LogP contribution is -2.31. The summed E-state index contributed by atoms with van der Waals surface area (Å²) < 4.78 is 10.6. The van der Waals surface area contributed by atoms with Crippen LogP contribution in [0.3, 0.4) is 0 Å². The molecule has 0 unspecified atom stereocenters. The third-order valence-electron chi connectivity index (χ3n) is 3.12. The molecule has 0 saturated carbocycles. The van der Waals surface area contributed by atoms with E-state index >= 15 is 0 Å². The number of fused-ring (bicyclic) bond motifs is 1. The number of hydrazone groups is 1. The van der Waals surface area contributed by atoms with Crippen molar-refractivity contribution in [3.8, 4) is 11.5 Å². The van der Waals surface area contributed by atoms with Crippen LogP contribution in [0.1, 0.15) is 11.1 Å². The van der Waals surface area contributed by atoms with Crippen molar-refractivity contribution < 1.29 is 9.47 Å². The number of nitrogens with one attached hydrogen (secondary N) is 2. The van der Waals surface area contributed by atoms with E-state index in [-0.39, 0.29) is 6.79 Å². The van der Waals surface area contributed by atoms with Gasteiger partial charge in [0, 0.05) is 11.6 Å². The van der Waals surface area contributed by atoms with Crippen LogP contribution in [-0.4, -0.2) is 18.1 Å².